The maximum atomic E-state index is 7.87. The van der Waals surface area contributed by atoms with Crippen molar-refractivity contribution in [2.45, 2.75) is 26.2 Å². The van der Waals surface area contributed by atoms with Gasteiger partial charge in [0.05, 0.1) is 0 Å². The van der Waals surface area contributed by atoms with Crippen LogP contribution in [0.15, 0.2) is 42.5 Å². The summed E-state index contributed by atoms with van der Waals surface area (Å²) in [5.41, 5.74) is 2.14. The first-order valence-electron chi connectivity index (χ1n) is 4.83. The van der Waals surface area contributed by atoms with Crippen LogP contribution in [0.2, 0.25) is 0 Å². The molecule has 0 amide bonds. The minimum absolute atomic E-state index is 0.192. The molecule has 0 radical (unpaired) electrons. The average Bonchev–Trinajstić information content (AvgIpc) is 2.17. The van der Waals surface area contributed by atoms with Crippen molar-refractivity contribution in [2.24, 2.45) is 0 Å². The van der Waals surface area contributed by atoms with E-state index in [0.29, 0.717) is 0 Å². The van der Waals surface area contributed by atoms with Crippen LogP contribution in [0.3, 0.4) is 0 Å². The first kappa shape index (κ1) is 7.60. The molecule has 1 aromatic carbocycles. The standard InChI is InChI=1S/C12H16/c1-10(2)9-11(3)12-7-5-4-6-8-12/h4-8,11H,1,9H2,2-3H3/t11-/m1/s1/i9D/t9-,11+/m0. The number of hydrogen-bond donors (Lipinski definition) is 0. The van der Waals surface area contributed by atoms with Crippen molar-refractivity contribution in [2.75, 3.05) is 0 Å². The molecule has 1 aromatic rings. The van der Waals surface area contributed by atoms with E-state index >= 15 is 0 Å². The van der Waals surface area contributed by atoms with Crippen LogP contribution in [0, 0.1) is 0 Å². The van der Waals surface area contributed by atoms with Crippen LogP contribution in [0.25, 0.3) is 0 Å². The summed E-state index contributed by atoms with van der Waals surface area (Å²) >= 11 is 0. The molecule has 0 fully saturated rings. The van der Waals surface area contributed by atoms with E-state index in [-0.39, 0.29) is 12.3 Å². The molecule has 0 saturated heterocycles. The van der Waals surface area contributed by atoms with Gasteiger partial charge < -0.3 is 0 Å². The van der Waals surface area contributed by atoms with Crippen LogP contribution < -0.4 is 0 Å². The van der Waals surface area contributed by atoms with Crippen molar-refractivity contribution in [3.63, 3.8) is 0 Å². The molecule has 0 aromatic heterocycles. The predicted molar refractivity (Wildman–Crippen MR) is 54.3 cm³/mol. The molecular weight excluding hydrogens is 144 g/mol. The Morgan fingerprint density at radius 1 is 1.50 bits per heavy atom. The van der Waals surface area contributed by atoms with Crippen LogP contribution in [-0.4, -0.2) is 0 Å². The summed E-state index contributed by atoms with van der Waals surface area (Å²) in [4.78, 5) is 0. The van der Waals surface area contributed by atoms with Gasteiger partial charge in [0.15, 0.2) is 0 Å². The fourth-order valence-corrected chi connectivity index (χ4v) is 1.28. The van der Waals surface area contributed by atoms with Gasteiger partial charge in [0, 0.05) is 1.37 Å². The molecule has 0 aliphatic rings. The Kier molecular flexibility index (Phi) is 2.60. The smallest absolute Gasteiger partial charge is 0.0318 e. The lowest BCUT2D eigenvalue weighted by molar-refractivity contribution is 0.753. The zero-order chi connectivity index (χ0) is 9.84. The molecule has 0 spiro atoms. The molecule has 0 unspecified atom stereocenters. The van der Waals surface area contributed by atoms with Crippen molar-refractivity contribution in [1.29, 1.82) is 0 Å². The van der Waals surface area contributed by atoms with Gasteiger partial charge in [-0.15, -0.1) is 6.58 Å². The van der Waals surface area contributed by atoms with Crippen molar-refractivity contribution in [3.05, 3.63) is 48.0 Å². The van der Waals surface area contributed by atoms with Crippen molar-refractivity contribution in [1.82, 2.24) is 0 Å². The quantitative estimate of drug-likeness (QED) is 0.592. The summed E-state index contributed by atoms with van der Waals surface area (Å²) < 4.78 is 7.87. The van der Waals surface area contributed by atoms with Gasteiger partial charge in [0.25, 0.3) is 0 Å². The molecule has 0 saturated carbocycles. The Morgan fingerprint density at radius 3 is 2.58 bits per heavy atom. The highest BCUT2D eigenvalue weighted by Crippen LogP contribution is 2.21. The van der Waals surface area contributed by atoms with E-state index in [0.717, 1.165) is 5.57 Å². The number of rotatable bonds is 3. The van der Waals surface area contributed by atoms with E-state index in [1.807, 2.05) is 25.1 Å². The summed E-state index contributed by atoms with van der Waals surface area (Å²) in [5, 5.41) is 0. The monoisotopic (exact) mass is 161 g/mol. The van der Waals surface area contributed by atoms with Gasteiger partial charge >= 0.3 is 0 Å². The summed E-state index contributed by atoms with van der Waals surface area (Å²) in [6.45, 7) is 7.80. The third-order valence-electron chi connectivity index (χ3n) is 1.86. The van der Waals surface area contributed by atoms with Crippen molar-refractivity contribution in [3.8, 4) is 0 Å². The zero-order valence-corrected chi connectivity index (χ0v) is 7.75. The highest BCUT2D eigenvalue weighted by Gasteiger charge is 2.03. The molecule has 0 N–H and O–H groups in total. The molecule has 0 nitrogen and oxygen atoms in total. The van der Waals surface area contributed by atoms with E-state index in [2.05, 4.69) is 25.6 Å². The third kappa shape index (κ3) is 2.54. The van der Waals surface area contributed by atoms with Gasteiger partial charge in [-0.25, -0.2) is 0 Å². The number of allylic oxidation sites excluding steroid dienone is 1. The van der Waals surface area contributed by atoms with Gasteiger partial charge in [-0.05, 0) is 24.8 Å². The largest absolute Gasteiger partial charge is 0.100 e. The molecule has 0 heterocycles. The summed E-state index contributed by atoms with van der Waals surface area (Å²) in [7, 11) is 0. The zero-order valence-electron chi connectivity index (χ0n) is 8.75. The molecule has 0 aliphatic carbocycles. The molecule has 64 valence electrons. The Labute approximate surface area is 76.3 Å². The second-order valence-electron chi connectivity index (χ2n) is 3.21. The van der Waals surface area contributed by atoms with Gasteiger partial charge in [-0.1, -0.05) is 42.8 Å². The van der Waals surface area contributed by atoms with Gasteiger partial charge in [0.1, 0.15) is 0 Å². The molecule has 12 heavy (non-hydrogen) atoms. The third-order valence-corrected chi connectivity index (χ3v) is 1.86. The van der Waals surface area contributed by atoms with Crippen LogP contribution in [0.5, 0.6) is 0 Å². The van der Waals surface area contributed by atoms with E-state index < -0.39 is 0 Å². The van der Waals surface area contributed by atoms with Crippen LogP contribution in [0.4, 0.5) is 0 Å². The van der Waals surface area contributed by atoms with E-state index in [1.165, 1.54) is 5.56 Å². The summed E-state index contributed by atoms with van der Waals surface area (Å²) in [6.07, 6.45) is -0.192. The highest BCUT2D eigenvalue weighted by molar-refractivity contribution is 5.20. The Bertz CT molecular complexity index is 276. The van der Waals surface area contributed by atoms with Crippen LogP contribution >= 0.6 is 0 Å². The lowest BCUT2D eigenvalue weighted by Crippen LogP contribution is -1.92. The molecule has 2 atom stereocenters. The Balaban J connectivity index is 2.79. The molecule has 0 bridgehead atoms. The highest BCUT2D eigenvalue weighted by atomic mass is 14.1. The normalized spacial score (nSPS) is 16.3. The minimum Gasteiger partial charge on any atom is -0.100 e. The van der Waals surface area contributed by atoms with Crippen molar-refractivity contribution < 1.29 is 1.37 Å². The second kappa shape index (κ2) is 4.10. The van der Waals surface area contributed by atoms with Gasteiger partial charge in [-0.3, -0.25) is 0 Å². The van der Waals surface area contributed by atoms with Crippen LogP contribution in [0.1, 0.15) is 33.1 Å². The maximum absolute atomic E-state index is 7.87. The predicted octanol–water partition coefficient (Wildman–Crippen LogP) is 3.76. The van der Waals surface area contributed by atoms with E-state index in [4.69, 9.17) is 1.37 Å². The summed E-state index contributed by atoms with van der Waals surface area (Å²) in [5.74, 6) is 0.235. The lowest BCUT2D eigenvalue weighted by Gasteiger charge is -2.10. The first-order valence-corrected chi connectivity index (χ1v) is 4.25. The van der Waals surface area contributed by atoms with E-state index in [1.54, 1.807) is 0 Å². The SMILES string of the molecule is [2H][C@@H](C(=C)C)[C@@H](C)c1ccccc1. The fraction of sp³-hybridized carbons (Fsp3) is 0.333. The topological polar surface area (TPSA) is 0 Å². The Hall–Kier alpha value is -1.04. The maximum Gasteiger partial charge on any atom is 0.0318 e. The summed E-state index contributed by atoms with van der Waals surface area (Å²) in [6, 6.07) is 10.1. The fourth-order valence-electron chi connectivity index (χ4n) is 1.28. The molecule has 0 heteroatoms. The second-order valence-corrected chi connectivity index (χ2v) is 3.21. The number of hydrogen-bond acceptors (Lipinski definition) is 0. The van der Waals surface area contributed by atoms with E-state index in [9.17, 15) is 0 Å². The minimum atomic E-state index is -0.192. The Morgan fingerprint density at radius 2 is 2.08 bits per heavy atom. The number of benzene rings is 1. The average molecular weight is 161 g/mol. The van der Waals surface area contributed by atoms with Gasteiger partial charge in [0.2, 0.25) is 0 Å². The van der Waals surface area contributed by atoms with Gasteiger partial charge in [-0.2, -0.15) is 0 Å². The lowest BCUT2D eigenvalue weighted by atomic mass is 9.95. The molecular formula is C12H16. The van der Waals surface area contributed by atoms with Crippen molar-refractivity contribution >= 4 is 0 Å². The molecule has 0 aliphatic heterocycles. The van der Waals surface area contributed by atoms with Crippen LogP contribution in [-0.2, 0) is 0 Å². The molecule has 1 rings (SSSR count). The first-order chi connectivity index (χ1) is 6.13.